The van der Waals surface area contributed by atoms with E-state index in [-0.39, 0.29) is 6.09 Å². The summed E-state index contributed by atoms with van der Waals surface area (Å²) in [6.07, 6.45) is -0.292. The van der Waals surface area contributed by atoms with E-state index in [1.54, 1.807) is 4.90 Å². The van der Waals surface area contributed by atoms with Gasteiger partial charge in [-0.05, 0) is 20.8 Å². The summed E-state index contributed by atoms with van der Waals surface area (Å²) in [4.78, 5) is 15.3. The van der Waals surface area contributed by atoms with Gasteiger partial charge in [-0.2, -0.15) is 5.26 Å². The Labute approximate surface area is 102 Å². The average molecular weight is 237 g/mol. The van der Waals surface area contributed by atoms with Crippen molar-refractivity contribution >= 4 is 6.09 Å². The average Bonchev–Trinajstić information content (AvgIpc) is 2.26. The molecule has 0 aromatic heterocycles. The Bertz CT molecular complexity index is 344. The molecule has 0 atom stereocenters. The second-order valence-corrected chi connectivity index (χ2v) is 5.01. The first-order valence-electron chi connectivity index (χ1n) is 5.65. The fourth-order valence-electron chi connectivity index (χ4n) is 1.56. The van der Waals surface area contributed by atoms with Crippen LogP contribution < -0.4 is 0 Å². The molecule has 1 aliphatic rings. The van der Waals surface area contributed by atoms with Crippen LogP contribution in [0.25, 0.3) is 0 Å². The molecule has 1 aliphatic heterocycles. The molecule has 0 aromatic carbocycles. The molecule has 0 radical (unpaired) electrons. The van der Waals surface area contributed by atoms with Gasteiger partial charge < -0.3 is 14.5 Å². The van der Waals surface area contributed by atoms with Gasteiger partial charge in [0.05, 0.1) is 0 Å². The first kappa shape index (κ1) is 13.4. The smallest absolute Gasteiger partial charge is 0.410 e. The Hall–Kier alpha value is -1.70. The zero-order chi connectivity index (χ0) is 13.1. The highest BCUT2D eigenvalue weighted by molar-refractivity contribution is 5.68. The van der Waals surface area contributed by atoms with Crippen LogP contribution in [-0.4, -0.2) is 47.7 Å². The number of ether oxygens (including phenoxy) is 1. The number of hydrogen-bond donors (Lipinski definition) is 0. The summed E-state index contributed by atoms with van der Waals surface area (Å²) in [7, 11) is 0. The van der Waals surface area contributed by atoms with Crippen LogP contribution in [0.3, 0.4) is 0 Å². The van der Waals surface area contributed by atoms with E-state index in [1.807, 2.05) is 31.7 Å². The maximum atomic E-state index is 11.8. The number of nitrogens with zero attached hydrogens (tertiary/aromatic N) is 3. The highest BCUT2D eigenvalue weighted by Gasteiger charge is 2.25. The normalized spacial score (nSPS) is 16.4. The van der Waals surface area contributed by atoms with E-state index in [9.17, 15) is 4.79 Å². The fourth-order valence-corrected chi connectivity index (χ4v) is 1.56. The van der Waals surface area contributed by atoms with E-state index < -0.39 is 5.60 Å². The van der Waals surface area contributed by atoms with Crippen molar-refractivity contribution in [2.75, 3.05) is 26.2 Å². The SMILES string of the molecule is C=C(C#N)N1CCN(C(=O)OC(C)(C)C)CC1. The zero-order valence-corrected chi connectivity index (χ0v) is 10.7. The number of carbonyl (C=O) groups is 1. The highest BCUT2D eigenvalue weighted by atomic mass is 16.6. The van der Waals surface area contributed by atoms with Crippen molar-refractivity contribution in [1.29, 1.82) is 5.26 Å². The van der Waals surface area contributed by atoms with Crippen LogP contribution in [-0.2, 0) is 4.74 Å². The predicted octanol–water partition coefficient (Wildman–Crippen LogP) is 1.58. The molecule has 17 heavy (non-hydrogen) atoms. The van der Waals surface area contributed by atoms with Gasteiger partial charge in [0.1, 0.15) is 17.4 Å². The molecule has 0 aromatic rings. The first-order chi connectivity index (χ1) is 7.83. The highest BCUT2D eigenvalue weighted by Crippen LogP contribution is 2.13. The van der Waals surface area contributed by atoms with Gasteiger partial charge in [0.15, 0.2) is 0 Å². The quantitative estimate of drug-likeness (QED) is 0.650. The van der Waals surface area contributed by atoms with Gasteiger partial charge in [0, 0.05) is 26.2 Å². The van der Waals surface area contributed by atoms with Crippen LogP contribution in [0, 0.1) is 11.3 Å². The van der Waals surface area contributed by atoms with Crippen molar-refractivity contribution in [3.63, 3.8) is 0 Å². The lowest BCUT2D eigenvalue weighted by Crippen LogP contribution is -2.49. The van der Waals surface area contributed by atoms with Crippen LogP contribution in [0.4, 0.5) is 4.79 Å². The molecular formula is C12H19N3O2. The molecule has 5 nitrogen and oxygen atoms in total. The monoisotopic (exact) mass is 237 g/mol. The lowest BCUT2D eigenvalue weighted by Gasteiger charge is -2.35. The molecule has 0 unspecified atom stereocenters. The Morgan fingerprint density at radius 2 is 1.71 bits per heavy atom. The maximum Gasteiger partial charge on any atom is 0.410 e. The van der Waals surface area contributed by atoms with Gasteiger partial charge in [0.2, 0.25) is 0 Å². The number of piperazine rings is 1. The van der Waals surface area contributed by atoms with E-state index in [2.05, 4.69) is 6.58 Å². The molecular weight excluding hydrogens is 218 g/mol. The summed E-state index contributed by atoms with van der Waals surface area (Å²) in [5.74, 6) is 0. The van der Waals surface area contributed by atoms with Crippen LogP contribution in [0.5, 0.6) is 0 Å². The van der Waals surface area contributed by atoms with Gasteiger partial charge in [-0.15, -0.1) is 0 Å². The van der Waals surface area contributed by atoms with Gasteiger partial charge in [0.25, 0.3) is 0 Å². The predicted molar refractivity (Wildman–Crippen MR) is 64.1 cm³/mol. The number of hydrogen-bond acceptors (Lipinski definition) is 4. The molecule has 0 N–H and O–H groups in total. The summed E-state index contributed by atoms with van der Waals surface area (Å²) >= 11 is 0. The molecule has 1 fully saturated rings. The lowest BCUT2D eigenvalue weighted by atomic mass is 10.2. The fraction of sp³-hybridized carbons (Fsp3) is 0.667. The van der Waals surface area contributed by atoms with Gasteiger partial charge in [-0.3, -0.25) is 0 Å². The van der Waals surface area contributed by atoms with Gasteiger partial charge >= 0.3 is 6.09 Å². The van der Waals surface area contributed by atoms with Crippen LogP contribution in [0.15, 0.2) is 12.3 Å². The van der Waals surface area contributed by atoms with Crippen molar-refractivity contribution in [3.05, 3.63) is 12.3 Å². The van der Waals surface area contributed by atoms with E-state index in [0.717, 1.165) is 0 Å². The topological polar surface area (TPSA) is 56.6 Å². The zero-order valence-electron chi connectivity index (χ0n) is 10.7. The molecule has 1 amide bonds. The van der Waals surface area contributed by atoms with Crippen molar-refractivity contribution in [2.45, 2.75) is 26.4 Å². The molecule has 1 saturated heterocycles. The number of carbonyl (C=O) groups excluding carboxylic acids is 1. The van der Waals surface area contributed by atoms with Gasteiger partial charge in [-0.1, -0.05) is 6.58 Å². The number of allylic oxidation sites excluding steroid dienone is 1. The van der Waals surface area contributed by atoms with E-state index in [1.165, 1.54) is 0 Å². The van der Waals surface area contributed by atoms with E-state index in [0.29, 0.717) is 31.9 Å². The molecule has 1 rings (SSSR count). The molecule has 5 heteroatoms. The van der Waals surface area contributed by atoms with Crippen molar-refractivity contribution in [2.24, 2.45) is 0 Å². The minimum absolute atomic E-state index is 0.292. The number of rotatable bonds is 1. The second kappa shape index (κ2) is 5.09. The molecule has 0 spiro atoms. The third kappa shape index (κ3) is 3.99. The molecule has 0 saturated carbocycles. The first-order valence-corrected chi connectivity index (χ1v) is 5.65. The Morgan fingerprint density at radius 1 is 1.24 bits per heavy atom. The Morgan fingerprint density at radius 3 is 2.12 bits per heavy atom. The number of nitriles is 1. The summed E-state index contributed by atoms with van der Waals surface area (Å²) < 4.78 is 5.28. The van der Waals surface area contributed by atoms with E-state index in [4.69, 9.17) is 10.00 Å². The Kier molecular flexibility index (Phi) is 4.00. The minimum atomic E-state index is -0.468. The lowest BCUT2D eigenvalue weighted by molar-refractivity contribution is 0.0172. The standard InChI is InChI=1S/C12H19N3O2/c1-10(9-13)14-5-7-15(8-6-14)11(16)17-12(2,3)4/h1,5-8H2,2-4H3. The second-order valence-electron chi connectivity index (χ2n) is 5.01. The molecule has 1 heterocycles. The summed E-state index contributed by atoms with van der Waals surface area (Å²) in [5.41, 5.74) is -0.0152. The molecule has 0 bridgehead atoms. The van der Waals surface area contributed by atoms with Crippen molar-refractivity contribution in [1.82, 2.24) is 9.80 Å². The third-order valence-corrected chi connectivity index (χ3v) is 2.44. The molecule has 0 aliphatic carbocycles. The summed E-state index contributed by atoms with van der Waals surface area (Å²) in [6.45, 7) is 11.6. The minimum Gasteiger partial charge on any atom is -0.444 e. The van der Waals surface area contributed by atoms with Crippen molar-refractivity contribution < 1.29 is 9.53 Å². The Balaban J connectivity index is 2.45. The molecule has 94 valence electrons. The summed E-state index contributed by atoms with van der Waals surface area (Å²) in [5, 5.41) is 8.72. The maximum absolute atomic E-state index is 11.8. The van der Waals surface area contributed by atoms with Crippen LogP contribution in [0.2, 0.25) is 0 Å². The van der Waals surface area contributed by atoms with Crippen LogP contribution in [0.1, 0.15) is 20.8 Å². The third-order valence-electron chi connectivity index (χ3n) is 2.44. The van der Waals surface area contributed by atoms with Gasteiger partial charge in [-0.25, -0.2) is 4.79 Å². The van der Waals surface area contributed by atoms with E-state index >= 15 is 0 Å². The number of amides is 1. The largest absolute Gasteiger partial charge is 0.444 e. The van der Waals surface area contributed by atoms with Crippen LogP contribution >= 0.6 is 0 Å². The summed E-state index contributed by atoms with van der Waals surface area (Å²) in [6, 6.07) is 2.01. The van der Waals surface area contributed by atoms with Crippen molar-refractivity contribution in [3.8, 4) is 6.07 Å².